The Bertz CT molecular complexity index is 556. The molecule has 0 saturated heterocycles. The summed E-state index contributed by atoms with van der Waals surface area (Å²) in [6, 6.07) is 9.74. The molecule has 0 fully saturated rings. The van der Waals surface area contributed by atoms with E-state index in [9.17, 15) is 0 Å². The van der Waals surface area contributed by atoms with Gasteiger partial charge in [0, 0.05) is 6.07 Å². The van der Waals surface area contributed by atoms with Crippen molar-refractivity contribution in [3.63, 3.8) is 0 Å². The van der Waals surface area contributed by atoms with Crippen LogP contribution in [-0.4, -0.2) is 9.97 Å². The fourth-order valence-electron chi connectivity index (χ4n) is 1.59. The number of hydrogen-bond donors (Lipinski definition) is 1. The van der Waals surface area contributed by atoms with Gasteiger partial charge in [0.15, 0.2) is 0 Å². The first-order valence-electron chi connectivity index (χ1n) is 5.93. The van der Waals surface area contributed by atoms with Gasteiger partial charge in [0.1, 0.15) is 16.2 Å². The highest BCUT2D eigenvalue weighted by Gasteiger charge is 2.13. The second-order valence-electron chi connectivity index (χ2n) is 5.27. The maximum atomic E-state index is 5.63. The fourth-order valence-corrected chi connectivity index (χ4v) is 1.97. The van der Waals surface area contributed by atoms with E-state index in [0.717, 1.165) is 0 Å². The van der Waals surface area contributed by atoms with E-state index in [4.69, 9.17) is 10.5 Å². The summed E-state index contributed by atoms with van der Waals surface area (Å²) in [5.41, 5.74) is 7.00. The van der Waals surface area contributed by atoms with Gasteiger partial charge in [-0.05, 0) is 39.0 Å². The van der Waals surface area contributed by atoms with Gasteiger partial charge in [0.05, 0.1) is 0 Å². The number of nitrogens with two attached hydrogens (primary N) is 1. The van der Waals surface area contributed by atoms with E-state index in [2.05, 4.69) is 46.7 Å². The second kappa shape index (κ2) is 5.17. The molecule has 1 heterocycles. The van der Waals surface area contributed by atoms with E-state index in [0.29, 0.717) is 16.2 Å². The largest absolute Gasteiger partial charge is 0.424 e. The number of nitrogens with zero attached hydrogens (tertiary/aromatic N) is 2. The summed E-state index contributed by atoms with van der Waals surface area (Å²) < 4.78 is 6.17. The molecule has 19 heavy (non-hydrogen) atoms. The first kappa shape index (κ1) is 13.8. The molecule has 0 bridgehead atoms. The van der Waals surface area contributed by atoms with Crippen molar-refractivity contribution in [2.75, 3.05) is 5.73 Å². The van der Waals surface area contributed by atoms with Crippen LogP contribution in [0.15, 0.2) is 34.9 Å². The molecule has 2 aromatic rings. The Labute approximate surface area is 121 Å². The minimum atomic E-state index is 0.120. The smallest absolute Gasteiger partial charge is 0.325 e. The Morgan fingerprint density at radius 3 is 2.26 bits per heavy atom. The monoisotopic (exact) mass is 321 g/mol. The van der Waals surface area contributed by atoms with Crippen molar-refractivity contribution in [1.29, 1.82) is 0 Å². The fraction of sp³-hybridized carbons (Fsp3) is 0.286. The summed E-state index contributed by atoms with van der Waals surface area (Å²) in [6.07, 6.45) is 0. The molecule has 0 saturated carbocycles. The zero-order chi connectivity index (χ0) is 14.0. The maximum Gasteiger partial charge on any atom is 0.325 e. The summed E-state index contributed by atoms with van der Waals surface area (Å²) in [4.78, 5) is 8.12. The minimum absolute atomic E-state index is 0.120. The van der Waals surface area contributed by atoms with E-state index >= 15 is 0 Å². The van der Waals surface area contributed by atoms with Gasteiger partial charge in [-0.3, -0.25) is 0 Å². The van der Waals surface area contributed by atoms with Crippen LogP contribution < -0.4 is 10.5 Å². The molecule has 1 aromatic heterocycles. The summed E-state index contributed by atoms with van der Waals surface area (Å²) >= 11 is 3.25. The van der Waals surface area contributed by atoms with Crippen molar-refractivity contribution in [2.24, 2.45) is 0 Å². The van der Waals surface area contributed by atoms with Crippen molar-refractivity contribution in [3.8, 4) is 11.8 Å². The average Bonchev–Trinajstić information content (AvgIpc) is 2.26. The Morgan fingerprint density at radius 1 is 1.11 bits per heavy atom. The lowest BCUT2D eigenvalue weighted by Gasteiger charge is -2.18. The Hall–Kier alpha value is -1.62. The van der Waals surface area contributed by atoms with Crippen LogP contribution in [0, 0.1) is 0 Å². The number of benzene rings is 1. The van der Waals surface area contributed by atoms with E-state index in [1.807, 2.05) is 24.3 Å². The highest BCUT2D eigenvalue weighted by Crippen LogP contribution is 2.26. The van der Waals surface area contributed by atoms with Crippen LogP contribution in [0.4, 0.5) is 5.82 Å². The van der Waals surface area contributed by atoms with E-state index in [-0.39, 0.29) is 11.4 Å². The predicted molar refractivity (Wildman–Crippen MR) is 79.4 cm³/mol. The van der Waals surface area contributed by atoms with Gasteiger partial charge in [-0.1, -0.05) is 32.9 Å². The van der Waals surface area contributed by atoms with Gasteiger partial charge in [0.25, 0.3) is 0 Å². The molecule has 5 heteroatoms. The molecule has 0 aliphatic heterocycles. The summed E-state index contributed by atoms with van der Waals surface area (Å²) in [7, 11) is 0. The molecule has 1 aromatic carbocycles. The van der Waals surface area contributed by atoms with E-state index < -0.39 is 0 Å². The van der Waals surface area contributed by atoms with Gasteiger partial charge in [0.2, 0.25) is 0 Å². The number of hydrogen-bond acceptors (Lipinski definition) is 4. The van der Waals surface area contributed by atoms with Crippen LogP contribution in [0.25, 0.3) is 0 Å². The zero-order valence-electron chi connectivity index (χ0n) is 11.1. The molecule has 0 atom stereocenters. The molecule has 4 nitrogen and oxygen atoms in total. The van der Waals surface area contributed by atoms with Crippen molar-refractivity contribution in [2.45, 2.75) is 26.2 Å². The quantitative estimate of drug-likeness (QED) is 0.852. The third kappa shape index (κ3) is 3.67. The molecule has 2 rings (SSSR count). The third-order valence-electron chi connectivity index (χ3n) is 2.62. The van der Waals surface area contributed by atoms with Gasteiger partial charge in [-0.2, -0.15) is 9.97 Å². The number of aromatic nitrogens is 2. The molecule has 100 valence electrons. The lowest BCUT2D eigenvalue weighted by molar-refractivity contribution is 0.441. The molecule has 0 aliphatic rings. The Morgan fingerprint density at radius 2 is 1.74 bits per heavy atom. The number of rotatable bonds is 2. The predicted octanol–water partition coefficient (Wildman–Crippen LogP) is 3.91. The molecule has 0 radical (unpaired) electrons. The standard InChI is InChI=1S/C14H16BrN3O/c1-14(2,3)9-4-6-10(7-5-9)19-13-17-11(15)8-12(16)18-13/h4-8H,1-3H3,(H2,16,17,18). The minimum Gasteiger partial charge on any atom is -0.424 e. The molecule has 0 spiro atoms. The van der Waals surface area contributed by atoms with Crippen molar-refractivity contribution in [3.05, 3.63) is 40.5 Å². The maximum absolute atomic E-state index is 5.63. The van der Waals surface area contributed by atoms with Gasteiger partial charge >= 0.3 is 6.01 Å². The molecular weight excluding hydrogens is 306 g/mol. The molecular formula is C14H16BrN3O. The summed E-state index contributed by atoms with van der Waals surface area (Å²) in [5.74, 6) is 1.05. The molecule has 2 N–H and O–H groups in total. The van der Waals surface area contributed by atoms with Crippen molar-refractivity contribution < 1.29 is 4.74 Å². The van der Waals surface area contributed by atoms with Crippen molar-refractivity contribution >= 4 is 21.7 Å². The second-order valence-corrected chi connectivity index (χ2v) is 6.09. The summed E-state index contributed by atoms with van der Waals surface area (Å²) in [6.45, 7) is 6.50. The van der Waals surface area contributed by atoms with Crippen molar-refractivity contribution in [1.82, 2.24) is 9.97 Å². The topological polar surface area (TPSA) is 61.0 Å². The molecule has 0 aliphatic carbocycles. The van der Waals surface area contributed by atoms with E-state index in [1.54, 1.807) is 6.07 Å². The lowest BCUT2D eigenvalue weighted by atomic mass is 9.87. The SMILES string of the molecule is CC(C)(C)c1ccc(Oc2nc(N)cc(Br)n2)cc1. The highest BCUT2D eigenvalue weighted by atomic mass is 79.9. The Kier molecular flexibility index (Phi) is 3.75. The highest BCUT2D eigenvalue weighted by molar-refractivity contribution is 9.10. The number of halogens is 1. The van der Waals surface area contributed by atoms with Gasteiger partial charge < -0.3 is 10.5 Å². The zero-order valence-corrected chi connectivity index (χ0v) is 12.7. The molecule has 0 amide bonds. The van der Waals surface area contributed by atoms with Crippen LogP contribution in [0.1, 0.15) is 26.3 Å². The number of ether oxygens (including phenoxy) is 1. The summed E-state index contributed by atoms with van der Waals surface area (Å²) in [5, 5.41) is 0. The van der Waals surface area contributed by atoms with E-state index in [1.165, 1.54) is 5.56 Å². The van der Waals surface area contributed by atoms with Crippen LogP contribution >= 0.6 is 15.9 Å². The first-order chi connectivity index (χ1) is 8.84. The average molecular weight is 322 g/mol. The van der Waals surface area contributed by atoms with Crippen LogP contribution in [0.2, 0.25) is 0 Å². The van der Waals surface area contributed by atoms with Crippen LogP contribution in [-0.2, 0) is 5.41 Å². The Balaban J connectivity index is 2.20. The number of nitrogen functional groups attached to an aromatic ring is 1. The lowest BCUT2D eigenvalue weighted by Crippen LogP contribution is -2.10. The van der Waals surface area contributed by atoms with Gasteiger partial charge in [-0.25, -0.2) is 0 Å². The van der Waals surface area contributed by atoms with Crippen LogP contribution in [0.3, 0.4) is 0 Å². The normalized spacial score (nSPS) is 11.4. The third-order valence-corrected chi connectivity index (χ3v) is 3.03. The molecule has 0 unspecified atom stereocenters. The number of anilines is 1. The first-order valence-corrected chi connectivity index (χ1v) is 6.72. The van der Waals surface area contributed by atoms with Gasteiger partial charge in [-0.15, -0.1) is 0 Å². The van der Waals surface area contributed by atoms with Crippen LogP contribution in [0.5, 0.6) is 11.8 Å².